The number of hydrogen-bond acceptors (Lipinski definition) is 3. The van der Waals surface area contributed by atoms with Crippen molar-refractivity contribution in [1.29, 1.82) is 0 Å². The Bertz CT molecular complexity index is 317. The second-order valence-electron chi connectivity index (χ2n) is 5.40. The quantitative estimate of drug-likeness (QED) is 0.664. The van der Waals surface area contributed by atoms with Crippen LogP contribution in [-0.4, -0.2) is 33.8 Å². The van der Waals surface area contributed by atoms with E-state index in [1.165, 1.54) is 25.7 Å². The molecule has 1 aliphatic rings. The summed E-state index contributed by atoms with van der Waals surface area (Å²) < 4.78 is 26.4. The zero-order valence-corrected chi connectivity index (χ0v) is 12.6. The van der Waals surface area contributed by atoms with Gasteiger partial charge in [-0.25, -0.2) is 13.1 Å². The summed E-state index contributed by atoms with van der Waals surface area (Å²) in [5.74, 6) is 1.42. The molecule has 18 heavy (non-hydrogen) atoms. The largest absolute Gasteiger partial charge is 0.317 e. The van der Waals surface area contributed by atoms with Gasteiger partial charge in [-0.3, -0.25) is 0 Å². The van der Waals surface area contributed by atoms with Gasteiger partial charge in [0.1, 0.15) is 0 Å². The lowest BCUT2D eigenvalue weighted by molar-refractivity contribution is 0.257. The number of sulfonamides is 1. The highest BCUT2D eigenvalue weighted by Gasteiger charge is 2.22. The van der Waals surface area contributed by atoms with Crippen LogP contribution in [0.1, 0.15) is 46.0 Å². The summed E-state index contributed by atoms with van der Waals surface area (Å²) in [7, 11) is -3.07. The molecule has 2 atom stereocenters. The lowest BCUT2D eigenvalue weighted by atomic mass is 9.81. The Hall–Kier alpha value is -0.130. The molecule has 0 radical (unpaired) electrons. The molecule has 0 spiro atoms. The van der Waals surface area contributed by atoms with Crippen LogP contribution in [0.5, 0.6) is 0 Å². The van der Waals surface area contributed by atoms with Gasteiger partial charge in [-0.2, -0.15) is 0 Å². The molecule has 1 aliphatic carbocycles. The number of hydrogen-bond donors (Lipinski definition) is 2. The summed E-state index contributed by atoms with van der Waals surface area (Å²) in [4.78, 5) is 0. The molecule has 1 saturated carbocycles. The first-order chi connectivity index (χ1) is 8.55. The van der Waals surface area contributed by atoms with Crippen LogP contribution in [0.15, 0.2) is 0 Å². The van der Waals surface area contributed by atoms with Crippen molar-refractivity contribution in [3.8, 4) is 0 Å². The Morgan fingerprint density at radius 3 is 2.61 bits per heavy atom. The van der Waals surface area contributed by atoms with E-state index in [4.69, 9.17) is 0 Å². The molecule has 1 fully saturated rings. The Morgan fingerprint density at radius 2 is 1.94 bits per heavy atom. The summed E-state index contributed by atoms with van der Waals surface area (Å²) >= 11 is 0. The van der Waals surface area contributed by atoms with Gasteiger partial charge in [-0.1, -0.05) is 33.1 Å². The molecule has 2 N–H and O–H groups in total. The monoisotopic (exact) mass is 276 g/mol. The van der Waals surface area contributed by atoms with Crippen molar-refractivity contribution < 1.29 is 8.42 Å². The van der Waals surface area contributed by atoms with E-state index >= 15 is 0 Å². The molecular weight excluding hydrogens is 248 g/mol. The van der Waals surface area contributed by atoms with E-state index in [2.05, 4.69) is 17.0 Å². The van der Waals surface area contributed by atoms with Crippen molar-refractivity contribution in [2.75, 3.05) is 25.4 Å². The zero-order valence-electron chi connectivity index (χ0n) is 11.7. The fraction of sp³-hybridized carbons (Fsp3) is 1.00. The summed E-state index contributed by atoms with van der Waals surface area (Å²) in [5, 5.41) is 3.14. The van der Waals surface area contributed by atoms with Gasteiger partial charge in [0.15, 0.2) is 0 Å². The van der Waals surface area contributed by atoms with Crippen LogP contribution in [0.3, 0.4) is 0 Å². The topological polar surface area (TPSA) is 58.2 Å². The molecule has 1 rings (SSSR count). The maximum absolute atomic E-state index is 11.8. The SMILES string of the molecule is CCNCCCS(=O)(=O)NCC1CCCCC1C. The minimum atomic E-state index is -3.07. The van der Waals surface area contributed by atoms with Crippen molar-refractivity contribution in [1.82, 2.24) is 10.0 Å². The number of rotatable bonds is 8. The van der Waals surface area contributed by atoms with Crippen molar-refractivity contribution in [3.63, 3.8) is 0 Å². The Kier molecular flexibility index (Phi) is 7.19. The Labute approximate surface area is 112 Å². The molecule has 0 aromatic carbocycles. The predicted octanol–water partition coefficient (Wildman–Crippen LogP) is 1.73. The van der Waals surface area contributed by atoms with E-state index in [1.807, 2.05) is 6.92 Å². The third-order valence-corrected chi connectivity index (χ3v) is 5.30. The van der Waals surface area contributed by atoms with Crippen molar-refractivity contribution >= 4 is 10.0 Å². The first-order valence-corrected chi connectivity index (χ1v) is 8.88. The molecule has 4 nitrogen and oxygen atoms in total. The third-order valence-electron chi connectivity index (χ3n) is 3.87. The molecule has 108 valence electrons. The summed E-state index contributed by atoms with van der Waals surface area (Å²) in [6, 6.07) is 0. The normalized spacial score (nSPS) is 25.2. The van der Waals surface area contributed by atoms with Gasteiger partial charge in [0, 0.05) is 6.54 Å². The average molecular weight is 276 g/mol. The molecule has 0 aliphatic heterocycles. The second-order valence-corrected chi connectivity index (χ2v) is 7.32. The van der Waals surface area contributed by atoms with Crippen LogP contribution in [-0.2, 0) is 10.0 Å². The Morgan fingerprint density at radius 1 is 1.22 bits per heavy atom. The maximum Gasteiger partial charge on any atom is 0.211 e. The highest BCUT2D eigenvalue weighted by Crippen LogP contribution is 2.28. The van der Waals surface area contributed by atoms with E-state index in [1.54, 1.807) is 0 Å². The van der Waals surface area contributed by atoms with Crippen LogP contribution in [0.4, 0.5) is 0 Å². The van der Waals surface area contributed by atoms with Gasteiger partial charge in [-0.15, -0.1) is 0 Å². The van der Waals surface area contributed by atoms with Crippen LogP contribution in [0, 0.1) is 11.8 Å². The van der Waals surface area contributed by atoms with E-state index in [0.717, 1.165) is 13.1 Å². The molecule has 0 saturated heterocycles. The first-order valence-electron chi connectivity index (χ1n) is 7.23. The van der Waals surface area contributed by atoms with Gasteiger partial charge in [0.2, 0.25) is 10.0 Å². The van der Waals surface area contributed by atoms with Crippen molar-refractivity contribution in [2.24, 2.45) is 11.8 Å². The van der Waals surface area contributed by atoms with Gasteiger partial charge in [-0.05, 0) is 37.8 Å². The molecule has 0 bridgehead atoms. The average Bonchev–Trinajstić information content (AvgIpc) is 2.34. The summed E-state index contributed by atoms with van der Waals surface area (Å²) in [5.41, 5.74) is 0. The van der Waals surface area contributed by atoms with Crippen LogP contribution in [0.25, 0.3) is 0 Å². The predicted molar refractivity (Wildman–Crippen MR) is 76.1 cm³/mol. The highest BCUT2D eigenvalue weighted by molar-refractivity contribution is 7.89. The third kappa shape index (κ3) is 6.16. The molecule has 2 unspecified atom stereocenters. The van der Waals surface area contributed by atoms with Gasteiger partial charge >= 0.3 is 0 Å². The lowest BCUT2D eigenvalue weighted by Crippen LogP contribution is -2.35. The maximum atomic E-state index is 11.8. The number of nitrogens with one attached hydrogen (secondary N) is 2. The molecule has 0 aromatic rings. The highest BCUT2D eigenvalue weighted by atomic mass is 32.2. The van der Waals surface area contributed by atoms with Gasteiger partial charge in [0.25, 0.3) is 0 Å². The van der Waals surface area contributed by atoms with Crippen LogP contribution < -0.4 is 10.0 Å². The second kappa shape index (κ2) is 8.12. The van der Waals surface area contributed by atoms with E-state index in [9.17, 15) is 8.42 Å². The summed E-state index contributed by atoms with van der Waals surface area (Å²) in [6.07, 6.45) is 5.64. The van der Waals surface area contributed by atoms with Gasteiger partial charge < -0.3 is 5.32 Å². The Balaban J connectivity index is 2.23. The standard InChI is InChI=1S/C13H28N2O2S/c1-3-14-9-6-10-18(16,17)15-11-13-8-5-4-7-12(13)2/h12-15H,3-11H2,1-2H3. The molecule has 0 aromatic heterocycles. The molecular formula is C13H28N2O2S. The molecule has 0 amide bonds. The molecule has 0 heterocycles. The van der Waals surface area contributed by atoms with E-state index in [-0.39, 0.29) is 5.75 Å². The van der Waals surface area contributed by atoms with Crippen LogP contribution in [0.2, 0.25) is 0 Å². The zero-order chi connectivity index (χ0) is 13.4. The fourth-order valence-electron chi connectivity index (χ4n) is 2.57. The summed E-state index contributed by atoms with van der Waals surface area (Å²) in [6.45, 7) is 6.57. The fourth-order valence-corrected chi connectivity index (χ4v) is 3.70. The minimum absolute atomic E-state index is 0.237. The molecule has 5 heteroatoms. The van der Waals surface area contributed by atoms with Crippen LogP contribution >= 0.6 is 0 Å². The van der Waals surface area contributed by atoms with Crippen molar-refractivity contribution in [3.05, 3.63) is 0 Å². The van der Waals surface area contributed by atoms with E-state index in [0.29, 0.717) is 24.8 Å². The smallest absolute Gasteiger partial charge is 0.211 e. The minimum Gasteiger partial charge on any atom is -0.317 e. The lowest BCUT2D eigenvalue weighted by Gasteiger charge is -2.28. The first kappa shape index (κ1) is 15.9. The van der Waals surface area contributed by atoms with Crippen molar-refractivity contribution in [2.45, 2.75) is 46.0 Å². The van der Waals surface area contributed by atoms with Gasteiger partial charge in [0.05, 0.1) is 5.75 Å². The van der Waals surface area contributed by atoms with E-state index < -0.39 is 10.0 Å².